The lowest BCUT2D eigenvalue weighted by atomic mass is 10.0. The summed E-state index contributed by atoms with van der Waals surface area (Å²) in [5, 5.41) is 0. The van der Waals surface area contributed by atoms with Crippen LogP contribution in [0, 0.1) is 0 Å². The summed E-state index contributed by atoms with van der Waals surface area (Å²) in [5.41, 5.74) is 6.99. The van der Waals surface area contributed by atoms with Crippen LogP contribution in [-0.4, -0.2) is 23.7 Å². The first-order valence-corrected chi connectivity index (χ1v) is 6.42. The normalized spacial score (nSPS) is 16.5. The van der Waals surface area contributed by atoms with E-state index in [1.54, 1.807) is 7.11 Å². The van der Waals surface area contributed by atoms with Crippen LogP contribution in [-0.2, 0) is 11.2 Å². The molecule has 0 radical (unpaired) electrons. The number of nitrogens with zero attached hydrogens (tertiary/aromatic N) is 2. The minimum absolute atomic E-state index is 0.599. The van der Waals surface area contributed by atoms with Crippen LogP contribution in [0.25, 0.3) is 0 Å². The van der Waals surface area contributed by atoms with E-state index in [0.717, 1.165) is 31.0 Å². The van der Waals surface area contributed by atoms with Gasteiger partial charge in [0.25, 0.3) is 0 Å². The van der Waals surface area contributed by atoms with Gasteiger partial charge < -0.3 is 10.5 Å². The van der Waals surface area contributed by atoms with E-state index in [2.05, 4.69) is 9.97 Å². The van der Waals surface area contributed by atoms with Gasteiger partial charge in [-0.25, -0.2) is 9.97 Å². The maximum Gasteiger partial charge on any atom is 0.131 e. The highest BCUT2D eigenvalue weighted by atomic mass is 16.5. The lowest BCUT2D eigenvalue weighted by Gasteiger charge is -2.10. The molecule has 1 aliphatic carbocycles. The van der Waals surface area contributed by atoms with Crippen molar-refractivity contribution in [1.29, 1.82) is 0 Å². The standard InChI is InChI=1S/C13H21N3O/c1-17-8-4-7-13-15-11(9-12(14)16-13)10-5-2-3-6-10/h9-10H,2-8H2,1H3,(H2,14,15,16). The zero-order valence-corrected chi connectivity index (χ0v) is 10.5. The molecular weight excluding hydrogens is 214 g/mol. The Balaban J connectivity index is 2.05. The molecule has 4 heteroatoms. The van der Waals surface area contributed by atoms with E-state index in [9.17, 15) is 0 Å². The van der Waals surface area contributed by atoms with Gasteiger partial charge in [0.05, 0.1) is 0 Å². The zero-order chi connectivity index (χ0) is 12.1. The summed E-state index contributed by atoms with van der Waals surface area (Å²) in [6.45, 7) is 0.747. The van der Waals surface area contributed by atoms with E-state index >= 15 is 0 Å². The molecule has 1 saturated carbocycles. The molecule has 0 unspecified atom stereocenters. The summed E-state index contributed by atoms with van der Waals surface area (Å²) < 4.78 is 5.04. The molecule has 2 rings (SSSR count). The Labute approximate surface area is 103 Å². The van der Waals surface area contributed by atoms with E-state index in [4.69, 9.17) is 10.5 Å². The van der Waals surface area contributed by atoms with Crippen molar-refractivity contribution in [2.45, 2.75) is 44.4 Å². The fourth-order valence-corrected chi connectivity index (χ4v) is 2.46. The molecule has 0 aromatic carbocycles. The fourth-order valence-electron chi connectivity index (χ4n) is 2.46. The Morgan fingerprint density at radius 3 is 2.82 bits per heavy atom. The minimum atomic E-state index is 0.599. The van der Waals surface area contributed by atoms with Crippen molar-refractivity contribution in [3.8, 4) is 0 Å². The molecular formula is C13H21N3O. The summed E-state index contributed by atoms with van der Waals surface area (Å²) in [4.78, 5) is 8.93. The molecule has 0 aliphatic heterocycles. The van der Waals surface area contributed by atoms with Crippen LogP contribution in [0.3, 0.4) is 0 Å². The second kappa shape index (κ2) is 5.96. The molecule has 1 aliphatic rings. The highest BCUT2D eigenvalue weighted by molar-refractivity contribution is 5.31. The van der Waals surface area contributed by atoms with Gasteiger partial charge in [-0.05, 0) is 19.3 Å². The van der Waals surface area contributed by atoms with Gasteiger partial charge in [0, 0.05) is 37.8 Å². The smallest absolute Gasteiger partial charge is 0.131 e. The topological polar surface area (TPSA) is 61.0 Å². The van der Waals surface area contributed by atoms with Gasteiger partial charge in [0.1, 0.15) is 11.6 Å². The summed E-state index contributed by atoms with van der Waals surface area (Å²) in [6, 6.07) is 1.94. The number of ether oxygens (including phenoxy) is 1. The van der Waals surface area contributed by atoms with E-state index in [1.807, 2.05) is 6.07 Å². The van der Waals surface area contributed by atoms with E-state index < -0.39 is 0 Å². The molecule has 1 aromatic rings. The molecule has 0 atom stereocenters. The average molecular weight is 235 g/mol. The van der Waals surface area contributed by atoms with E-state index in [-0.39, 0.29) is 0 Å². The average Bonchev–Trinajstić information content (AvgIpc) is 2.82. The van der Waals surface area contributed by atoms with Crippen molar-refractivity contribution in [2.75, 3.05) is 19.5 Å². The van der Waals surface area contributed by atoms with Crippen LogP contribution in [0.4, 0.5) is 5.82 Å². The first-order valence-electron chi connectivity index (χ1n) is 6.42. The number of aryl methyl sites for hydroxylation is 1. The monoisotopic (exact) mass is 235 g/mol. The number of nitrogens with two attached hydrogens (primary N) is 1. The maximum absolute atomic E-state index is 5.85. The van der Waals surface area contributed by atoms with Crippen LogP contribution >= 0.6 is 0 Å². The number of methoxy groups -OCH3 is 1. The maximum atomic E-state index is 5.85. The predicted octanol–water partition coefficient (Wildman–Crippen LogP) is 2.30. The Hall–Kier alpha value is -1.16. The first kappa shape index (κ1) is 12.3. The second-order valence-corrected chi connectivity index (χ2v) is 4.71. The lowest BCUT2D eigenvalue weighted by molar-refractivity contribution is 0.194. The van der Waals surface area contributed by atoms with Gasteiger partial charge in [0.2, 0.25) is 0 Å². The molecule has 1 heterocycles. The Kier molecular flexibility index (Phi) is 4.31. The highest BCUT2D eigenvalue weighted by Gasteiger charge is 2.19. The lowest BCUT2D eigenvalue weighted by Crippen LogP contribution is -2.06. The quantitative estimate of drug-likeness (QED) is 0.795. The number of hydrogen-bond acceptors (Lipinski definition) is 4. The van der Waals surface area contributed by atoms with Gasteiger partial charge in [-0.1, -0.05) is 12.8 Å². The largest absolute Gasteiger partial charge is 0.385 e. The summed E-state index contributed by atoms with van der Waals surface area (Å²) in [5.74, 6) is 2.07. The summed E-state index contributed by atoms with van der Waals surface area (Å²) in [7, 11) is 1.71. The minimum Gasteiger partial charge on any atom is -0.385 e. The first-order chi connectivity index (χ1) is 8.29. The molecule has 17 heavy (non-hydrogen) atoms. The molecule has 1 fully saturated rings. The second-order valence-electron chi connectivity index (χ2n) is 4.71. The van der Waals surface area contributed by atoms with Gasteiger partial charge >= 0.3 is 0 Å². The molecule has 0 spiro atoms. The number of hydrogen-bond donors (Lipinski definition) is 1. The predicted molar refractivity (Wildman–Crippen MR) is 67.9 cm³/mol. The van der Waals surface area contributed by atoms with Crippen molar-refractivity contribution >= 4 is 5.82 Å². The van der Waals surface area contributed by atoms with Crippen LogP contribution in [0.2, 0.25) is 0 Å². The molecule has 2 N–H and O–H groups in total. The number of aromatic nitrogens is 2. The van der Waals surface area contributed by atoms with Crippen molar-refractivity contribution in [3.05, 3.63) is 17.6 Å². The van der Waals surface area contributed by atoms with Crippen molar-refractivity contribution < 1.29 is 4.74 Å². The third-order valence-corrected chi connectivity index (χ3v) is 3.33. The van der Waals surface area contributed by atoms with E-state index in [0.29, 0.717) is 11.7 Å². The molecule has 0 bridgehead atoms. The number of anilines is 1. The molecule has 4 nitrogen and oxygen atoms in total. The van der Waals surface area contributed by atoms with Crippen molar-refractivity contribution in [2.24, 2.45) is 0 Å². The Morgan fingerprint density at radius 1 is 1.35 bits per heavy atom. The zero-order valence-electron chi connectivity index (χ0n) is 10.5. The van der Waals surface area contributed by atoms with Gasteiger partial charge in [-0.3, -0.25) is 0 Å². The molecule has 94 valence electrons. The fraction of sp³-hybridized carbons (Fsp3) is 0.692. The van der Waals surface area contributed by atoms with Crippen molar-refractivity contribution in [3.63, 3.8) is 0 Å². The Bertz CT molecular complexity index is 362. The summed E-state index contributed by atoms with van der Waals surface area (Å²) >= 11 is 0. The van der Waals surface area contributed by atoms with Crippen LogP contribution < -0.4 is 5.73 Å². The molecule has 1 aromatic heterocycles. The highest BCUT2D eigenvalue weighted by Crippen LogP contribution is 2.33. The number of nitrogen functional groups attached to an aromatic ring is 1. The number of rotatable bonds is 5. The molecule has 0 saturated heterocycles. The summed E-state index contributed by atoms with van der Waals surface area (Å²) in [6.07, 6.45) is 6.91. The van der Waals surface area contributed by atoms with Crippen molar-refractivity contribution in [1.82, 2.24) is 9.97 Å². The van der Waals surface area contributed by atoms with Crippen LogP contribution in [0.5, 0.6) is 0 Å². The molecule has 0 amide bonds. The van der Waals surface area contributed by atoms with Crippen LogP contribution in [0.1, 0.15) is 49.5 Å². The van der Waals surface area contributed by atoms with Gasteiger partial charge in [-0.15, -0.1) is 0 Å². The van der Waals surface area contributed by atoms with Crippen LogP contribution in [0.15, 0.2) is 6.07 Å². The third kappa shape index (κ3) is 3.40. The SMILES string of the molecule is COCCCc1nc(N)cc(C2CCCC2)n1. The third-order valence-electron chi connectivity index (χ3n) is 3.33. The Morgan fingerprint density at radius 2 is 2.12 bits per heavy atom. The van der Waals surface area contributed by atoms with E-state index in [1.165, 1.54) is 25.7 Å². The van der Waals surface area contributed by atoms with Gasteiger partial charge in [-0.2, -0.15) is 0 Å². The van der Waals surface area contributed by atoms with Gasteiger partial charge in [0.15, 0.2) is 0 Å².